The van der Waals surface area contributed by atoms with Crippen molar-refractivity contribution in [2.75, 3.05) is 13.1 Å². The second-order valence-corrected chi connectivity index (χ2v) is 3.82. The minimum absolute atomic E-state index is 0.0282. The zero-order valence-electron chi connectivity index (χ0n) is 10.4. The Morgan fingerprint density at radius 2 is 2.11 bits per heavy atom. The second-order valence-electron chi connectivity index (χ2n) is 3.82. The molecule has 1 aromatic rings. The second kappa shape index (κ2) is 6.00. The number of nitro benzene ring substituents is 1. The molecule has 1 aromatic carbocycles. The molecule has 0 saturated carbocycles. The Hall–Kier alpha value is -2.11. The van der Waals surface area contributed by atoms with Crippen LogP contribution in [-0.4, -0.2) is 33.9 Å². The Morgan fingerprint density at radius 3 is 2.61 bits per heavy atom. The van der Waals surface area contributed by atoms with Crippen LogP contribution in [0.1, 0.15) is 30.6 Å². The van der Waals surface area contributed by atoms with Crippen molar-refractivity contribution in [2.45, 2.75) is 20.3 Å². The van der Waals surface area contributed by atoms with E-state index in [1.165, 1.54) is 18.2 Å². The lowest BCUT2D eigenvalue weighted by molar-refractivity contribution is -0.385. The van der Waals surface area contributed by atoms with Crippen molar-refractivity contribution in [3.63, 3.8) is 0 Å². The number of rotatable bonds is 5. The van der Waals surface area contributed by atoms with Crippen LogP contribution in [0.3, 0.4) is 0 Å². The lowest BCUT2D eigenvalue weighted by Gasteiger charge is -2.20. The van der Waals surface area contributed by atoms with E-state index in [4.69, 9.17) is 0 Å². The maximum Gasteiger partial charge on any atom is 0.311 e. The molecule has 18 heavy (non-hydrogen) atoms. The molecule has 6 nitrogen and oxygen atoms in total. The summed E-state index contributed by atoms with van der Waals surface area (Å²) in [5.41, 5.74) is -0.479. The minimum atomic E-state index is -0.706. The first-order valence-corrected chi connectivity index (χ1v) is 5.78. The van der Waals surface area contributed by atoms with Crippen LogP contribution in [0.15, 0.2) is 18.2 Å². The van der Waals surface area contributed by atoms with Crippen LogP contribution >= 0.6 is 0 Å². The molecule has 0 unspecified atom stereocenters. The molecule has 6 heteroatoms. The SMILES string of the molecule is CCCN(CC)C(=O)c1cccc([N+](=O)[O-])c1O. The number of aromatic hydroxyl groups is 1. The van der Waals surface area contributed by atoms with Crippen molar-refractivity contribution in [2.24, 2.45) is 0 Å². The van der Waals surface area contributed by atoms with Gasteiger partial charge < -0.3 is 10.0 Å². The molecular formula is C12H16N2O4. The van der Waals surface area contributed by atoms with E-state index >= 15 is 0 Å². The van der Waals surface area contributed by atoms with Crippen LogP contribution in [0.25, 0.3) is 0 Å². The molecule has 0 aliphatic carbocycles. The summed E-state index contributed by atoms with van der Waals surface area (Å²) in [5.74, 6) is -0.956. The van der Waals surface area contributed by atoms with Crippen LogP contribution in [-0.2, 0) is 0 Å². The van der Waals surface area contributed by atoms with Crippen LogP contribution in [0, 0.1) is 10.1 Å². The third kappa shape index (κ3) is 2.77. The van der Waals surface area contributed by atoms with Crippen molar-refractivity contribution >= 4 is 11.6 Å². The summed E-state index contributed by atoms with van der Waals surface area (Å²) in [6.45, 7) is 4.80. The maximum absolute atomic E-state index is 12.1. The molecule has 0 saturated heterocycles. The number of para-hydroxylation sites is 1. The van der Waals surface area contributed by atoms with Crippen LogP contribution in [0.4, 0.5) is 5.69 Å². The fraction of sp³-hybridized carbons (Fsp3) is 0.417. The van der Waals surface area contributed by atoms with Gasteiger partial charge in [0.15, 0.2) is 0 Å². The van der Waals surface area contributed by atoms with E-state index in [0.29, 0.717) is 13.1 Å². The fourth-order valence-corrected chi connectivity index (χ4v) is 1.69. The number of carbonyl (C=O) groups excluding carboxylic acids is 1. The lowest BCUT2D eigenvalue weighted by atomic mass is 10.1. The molecule has 1 amide bonds. The van der Waals surface area contributed by atoms with Crippen LogP contribution in [0.5, 0.6) is 5.75 Å². The number of phenolic OH excluding ortho intramolecular Hbond substituents is 1. The first-order chi connectivity index (χ1) is 8.52. The van der Waals surface area contributed by atoms with Gasteiger partial charge in [0.2, 0.25) is 5.75 Å². The van der Waals surface area contributed by atoms with Gasteiger partial charge in [0.1, 0.15) is 0 Å². The highest BCUT2D eigenvalue weighted by molar-refractivity contribution is 5.98. The summed E-state index contributed by atoms with van der Waals surface area (Å²) < 4.78 is 0. The van der Waals surface area contributed by atoms with Gasteiger partial charge in [0.05, 0.1) is 10.5 Å². The fourth-order valence-electron chi connectivity index (χ4n) is 1.69. The number of hydrogen-bond donors (Lipinski definition) is 1. The predicted octanol–water partition coefficient (Wildman–Crippen LogP) is 2.17. The van der Waals surface area contributed by atoms with Gasteiger partial charge >= 0.3 is 5.69 Å². The number of carbonyl (C=O) groups is 1. The highest BCUT2D eigenvalue weighted by atomic mass is 16.6. The van der Waals surface area contributed by atoms with E-state index in [0.717, 1.165) is 6.42 Å². The molecule has 0 aliphatic heterocycles. The van der Waals surface area contributed by atoms with Crippen molar-refractivity contribution in [3.05, 3.63) is 33.9 Å². The third-order valence-corrected chi connectivity index (χ3v) is 2.60. The topological polar surface area (TPSA) is 83.7 Å². The largest absolute Gasteiger partial charge is 0.502 e. The molecule has 0 radical (unpaired) electrons. The zero-order chi connectivity index (χ0) is 13.7. The number of nitro groups is 1. The molecule has 98 valence electrons. The quantitative estimate of drug-likeness (QED) is 0.643. The van der Waals surface area contributed by atoms with E-state index in [9.17, 15) is 20.0 Å². The smallest absolute Gasteiger partial charge is 0.311 e. The van der Waals surface area contributed by atoms with E-state index in [2.05, 4.69) is 0 Å². The van der Waals surface area contributed by atoms with Gasteiger partial charge in [-0.1, -0.05) is 13.0 Å². The maximum atomic E-state index is 12.1. The molecule has 1 N–H and O–H groups in total. The molecule has 0 aliphatic rings. The third-order valence-electron chi connectivity index (χ3n) is 2.60. The predicted molar refractivity (Wildman–Crippen MR) is 66.6 cm³/mol. The van der Waals surface area contributed by atoms with E-state index in [1.54, 1.807) is 4.90 Å². The Morgan fingerprint density at radius 1 is 1.44 bits per heavy atom. The van der Waals surface area contributed by atoms with Crippen molar-refractivity contribution < 1.29 is 14.8 Å². The van der Waals surface area contributed by atoms with E-state index in [-0.39, 0.29) is 11.5 Å². The van der Waals surface area contributed by atoms with E-state index < -0.39 is 16.4 Å². The first-order valence-electron chi connectivity index (χ1n) is 5.78. The molecule has 0 heterocycles. The Balaban J connectivity index is 3.13. The highest BCUT2D eigenvalue weighted by Gasteiger charge is 2.23. The summed E-state index contributed by atoms with van der Waals surface area (Å²) in [5, 5.41) is 20.4. The molecule has 0 aromatic heterocycles. The first kappa shape index (κ1) is 14.0. The van der Waals surface area contributed by atoms with Gasteiger partial charge in [0, 0.05) is 19.2 Å². The Kier molecular flexibility index (Phi) is 4.65. The van der Waals surface area contributed by atoms with Gasteiger partial charge in [-0.3, -0.25) is 14.9 Å². The summed E-state index contributed by atoms with van der Waals surface area (Å²) >= 11 is 0. The Bertz CT molecular complexity index is 459. The van der Waals surface area contributed by atoms with Gasteiger partial charge in [-0.25, -0.2) is 0 Å². The summed E-state index contributed by atoms with van der Waals surface area (Å²) in [6, 6.07) is 3.95. The van der Waals surface area contributed by atoms with Gasteiger partial charge in [0.25, 0.3) is 5.91 Å². The molecule has 0 fully saturated rings. The molecule has 0 spiro atoms. The number of nitrogens with zero attached hydrogens (tertiary/aromatic N) is 2. The number of phenols is 1. The standard InChI is InChI=1S/C12H16N2O4/c1-3-8-13(4-2)12(16)9-6-5-7-10(11(9)15)14(17)18/h5-7,15H,3-4,8H2,1-2H3. The minimum Gasteiger partial charge on any atom is -0.502 e. The normalized spacial score (nSPS) is 10.1. The molecule has 0 atom stereocenters. The van der Waals surface area contributed by atoms with Crippen molar-refractivity contribution in [1.82, 2.24) is 4.90 Å². The molecule has 0 bridgehead atoms. The molecular weight excluding hydrogens is 236 g/mol. The average molecular weight is 252 g/mol. The average Bonchev–Trinajstić information content (AvgIpc) is 2.35. The summed E-state index contributed by atoms with van der Waals surface area (Å²) in [6.07, 6.45) is 0.787. The van der Waals surface area contributed by atoms with Crippen molar-refractivity contribution in [3.8, 4) is 5.75 Å². The molecule has 1 rings (SSSR count). The van der Waals surface area contributed by atoms with Gasteiger partial charge in [-0.05, 0) is 19.4 Å². The number of hydrogen-bond acceptors (Lipinski definition) is 4. The van der Waals surface area contributed by atoms with Crippen LogP contribution in [0.2, 0.25) is 0 Å². The number of benzene rings is 1. The summed E-state index contributed by atoms with van der Waals surface area (Å²) in [7, 11) is 0. The highest BCUT2D eigenvalue weighted by Crippen LogP contribution is 2.30. The zero-order valence-corrected chi connectivity index (χ0v) is 10.4. The van der Waals surface area contributed by atoms with Crippen LogP contribution < -0.4 is 0 Å². The Labute approximate surface area is 105 Å². The number of amides is 1. The monoisotopic (exact) mass is 252 g/mol. The van der Waals surface area contributed by atoms with Crippen molar-refractivity contribution in [1.29, 1.82) is 0 Å². The van der Waals surface area contributed by atoms with E-state index in [1.807, 2.05) is 13.8 Å². The summed E-state index contributed by atoms with van der Waals surface area (Å²) in [4.78, 5) is 23.6. The van der Waals surface area contributed by atoms with Gasteiger partial charge in [-0.15, -0.1) is 0 Å². The lowest BCUT2D eigenvalue weighted by Crippen LogP contribution is -2.31. The van der Waals surface area contributed by atoms with Gasteiger partial charge in [-0.2, -0.15) is 0 Å².